The van der Waals surface area contributed by atoms with Gasteiger partial charge in [-0.2, -0.15) is 0 Å². The Kier molecular flexibility index (Phi) is 3.56. The Morgan fingerprint density at radius 1 is 1.45 bits per heavy atom. The highest BCUT2D eigenvalue weighted by Crippen LogP contribution is 2.26. The van der Waals surface area contributed by atoms with Gasteiger partial charge in [-0.05, 0) is 26.2 Å². The molecule has 0 heterocycles. The minimum atomic E-state index is -0.330. The lowest BCUT2D eigenvalue weighted by Crippen LogP contribution is -2.27. The van der Waals surface area contributed by atoms with Gasteiger partial charge in [0.25, 0.3) is 0 Å². The van der Waals surface area contributed by atoms with Crippen molar-refractivity contribution in [1.29, 1.82) is 0 Å². The predicted molar refractivity (Wildman–Crippen MR) is 45.3 cm³/mol. The van der Waals surface area contributed by atoms with E-state index in [1.807, 2.05) is 13.8 Å². The Labute approximate surface area is 68.9 Å². The summed E-state index contributed by atoms with van der Waals surface area (Å²) in [7, 11) is 1.43. The average molecular weight is 158 g/mol. The molecule has 2 heteroatoms. The molecule has 0 aliphatic heterocycles. The van der Waals surface area contributed by atoms with Crippen LogP contribution in [0.3, 0.4) is 0 Å². The van der Waals surface area contributed by atoms with E-state index in [0.717, 1.165) is 6.42 Å². The second-order valence-corrected chi connectivity index (χ2v) is 3.97. The lowest BCUT2D eigenvalue weighted by atomic mass is 9.84. The minimum absolute atomic E-state index is 0.119. The highest BCUT2D eigenvalue weighted by atomic mass is 16.5. The highest BCUT2D eigenvalue weighted by Gasteiger charge is 2.29. The fraction of sp³-hybridized carbons (Fsp3) is 0.889. The molecule has 0 aliphatic carbocycles. The zero-order valence-corrected chi connectivity index (χ0v) is 8.10. The molecule has 0 aromatic rings. The van der Waals surface area contributed by atoms with Gasteiger partial charge in [0.2, 0.25) is 0 Å². The maximum absolute atomic E-state index is 11.1. The summed E-state index contributed by atoms with van der Waals surface area (Å²) in [5.74, 6) is 0.412. The van der Waals surface area contributed by atoms with Crippen LogP contribution in [0.4, 0.5) is 0 Å². The third kappa shape index (κ3) is 3.40. The number of carbonyl (C=O) groups is 1. The number of hydrogen-bond donors (Lipinski definition) is 0. The topological polar surface area (TPSA) is 26.3 Å². The van der Waals surface area contributed by atoms with Crippen molar-refractivity contribution >= 4 is 5.97 Å². The summed E-state index contributed by atoms with van der Waals surface area (Å²) in [5.41, 5.74) is -0.330. The van der Waals surface area contributed by atoms with E-state index in [1.54, 1.807) is 0 Å². The lowest BCUT2D eigenvalue weighted by Gasteiger charge is -2.23. The van der Waals surface area contributed by atoms with Gasteiger partial charge in [0.15, 0.2) is 0 Å². The first-order chi connectivity index (χ1) is 4.90. The van der Waals surface area contributed by atoms with Gasteiger partial charge in [0, 0.05) is 0 Å². The first-order valence-electron chi connectivity index (χ1n) is 3.98. The van der Waals surface area contributed by atoms with E-state index in [2.05, 4.69) is 18.6 Å². The van der Waals surface area contributed by atoms with Crippen LogP contribution in [0, 0.1) is 11.3 Å². The molecule has 66 valence electrons. The van der Waals surface area contributed by atoms with Crippen molar-refractivity contribution in [3.05, 3.63) is 0 Å². The van der Waals surface area contributed by atoms with Crippen LogP contribution in [0.1, 0.15) is 34.1 Å². The molecular weight excluding hydrogens is 140 g/mol. The van der Waals surface area contributed by atoms with E-state index < -0.39 is 0 Å². The molecule has 0 saturated carbocycles. The third-order valence-electron chi connectivity index (χ3n) is 1.66. The highest BCUT2D eigenvalue weighted by molar-refractivity contribution is 5.75. The van der Waals surface area contributed by atoms with Crippen LogP contribution < -0.4 is 0 Å². The van der Waals surface area contributed by atoms with Gasteiger partial charge < -0.3 is 4.74 Å². The molecule has 0 N–H and O–H groups in total. The molecule has 0 fully saturated rings. The number of methoxy groups -OCH3 is 1. The van der Waals surface area contributed by atoms with E-state index in [4.69, 9.17) is 0 Å². The van der Waals surface area contributed by atoms with E-state index in [0.29, 0.717) is 5.92 Å². The van der Waals surface area contributed by atoms with E-state index in [9.17, 15) is 4.79 Å². The maximum Gasteiger partial charge on any atom is 0.311 e. The van der Waals surface area contributed by atoms with Gasteiger partial charge in [-0.25, -0.2) is 0 Å². The number of ether oxygens (including phenoxy) is 1. The molecular formula is C9H18O2. The second-order valence-electron chi connectivity index (χ2n) is 3.97. The minimum Gasteiger partial charge on any atom is -0.469 e. The van der Waals surface area contributed by atoms with Gasteiger partial charge in [-0.15, -0.1) is 0 Å². The van der Waals surface area contributed by atoms with Crippen LogP contribution in [-0.2, 0) is 9.53 Å². The standard InChI is InChI=1S/C9H18O2/c1-7(2)6-9(3,4)8(10)11-5/h7H,6H2,1-5H3. The molecule has 0 spiro atoms. The Morgan fingerprint density at radius 2 is 1.91 bits per heavy atom. The summed E-state index contributed by atoms with van der Waals surface area (Å²) in [6.45, 7) is 8.03. The monoisotopic (exact) mass is 158 g/mol. The van der Waals surface area contributed by atoms with Crippen LogP contribution in [-0.4, -0.2) is 13.1 Å². The summed E-state index contributed by atoms with van der Waals surface area (Å²) < 4.78 is 4.68. The molecule has 0 aromatic carbocycles. The molecule has 0 amide bonds. The number of rotatable bonds is 3. The van der Waals surface area contributed by atoms with Crippen molar-refractivity contribution in [2.45, 2.75) is 34.1 Å². The maximum atomic E-state index is 11.1. The third-order valence-corrected chi connectivity index (χ3v) is 1.66. The Bertz CT molecular complexity index is 136. The first kappa shape index (κ1) is 10.5. The Balaban J connectivity index is 4.09. The fourth-order valence-electron chi connectivity index (χ4n) is 1.38. The largest absolute Gasteiger partial charge is 0.469 e. The zero-order chi connectivity index (χ0) is 9.07. The van der Waals surface area contributed by atoms with Crippen molar-refractivity contribution in [3.63, 3.8) is 0 Å². The van der Waals surface area contributed by atoms with Crippen LogP contribution >= 0.6 is 0 Å². The molecule has 0 bridgehead atoms. The lowest BCUT2D eigenvalue weighted by molar-refractivity contribution is -0.151. The van der Waals surface area contributed by atoms with Gasteiger partial charge in [0.1, 0.15) is 0 Å². The van der Waals surface area contributed by atoms with E-state index in [-0.39, 0.29) is 11.4 Å². The van der Waals surface area contributed by atoms with Crippen molar-refractivity contribution in [3.8, 4) is 0 Å². The predicted octanol–water partition coefficient (Wildman–Crippen LogP) is 2.23. The SMILES string of the molecule is COC(=O)C(C)(C)CC(C)C. The Morgan fingerprint density at radius 3 is 2.18 bits per heavy atom. The quantitative estimate of drug-likeness (QED) is 0.589. The molecule has 0 aliphatic rings. The zero-order valence-electron chi connectivity index (χ0n) is 8.10. The van der Waals surface area contributed by atoms with E-state index >= 15 is 0 Å². The van der Waals surface area contributed by atoms with Crippen molar-refractivity contribution in [1.82, 2.24) is 0 Å². The molecule has 11 heavy (non-hydrogen) atoms. The summed E-state index contributed by atoms with van der Waals surface area (Å²) in [6.07, 6.45) is 0.875. The van der Waals surface area contributed by atoms with Gasteiger partial charge in [-0.1, -0.05) is 13.8 Å². The molecule has 0 unspecified atom stereocenters. The summed E-state index contributed by atoms with van der Waals surface area (Å²) >= 11 is 0. The first-order valence-corrected chi connectivity index (χ1v) is 3.98. The number of esters is 1. The second kappa shape index (κ2) is 3.74. The fourth-order valence-corrected chi connectivity index (χ4v) is 1.38. The number of carbonyl (C=O) groups excluding carboxylic acids is 1. The summed E-state index contributed by atoms with van der Waals surface area (Å²) in [6, 6.07) is 0. The summed E-state index contributed by atoms with van der Waals surface area (Å²) in [5, 5.41) is 0. The average Bonchev–Trinajstić information content (AvgIpc) is 1.83. The molecule has 2 nitrogen and oxygen atoms in total. The van der Waals surface area contributed by atoms with Gasteiger partial charge in [0.05, 0.1) is 12.5 Å². The van der Waals surface area contributed by atoms with Crippen LogP contribution in [0.15, 0.2) is 0 Å². The molecule has 0 atom stereocenters. The van der Waals surface area contributed by atoms with E-state index in [1.165, 1.54) is 7.11 Å². The van der Waals surface area contributed by atoms with Crippen molar-refractivity contribution in [2.75, 3.05) is 7.11 Å². The number of hydrogen-bond acceptors (Lipinski definition) is 2. The smallest absolute Gasteiger partial charge is 0.311 e. The molecule has 0 radical (unpaired) electrons. The van der Waals surface area contributed by atoms with Gasteiger partial charge in [-0.3, -0.25) is 4.79 Å². The van der Waals surface area contributed by atoms with Crippen LogP contribution in [0.2, 0.25) is 0 Å². The van der Waals surface area contributed by atoms with Crippen molar-refractivity contribution in [2.24, 2.45) is 11.3 Å². The van der Waals surface area contributed by atoms with Crippen LogP contribution in [0.5, 0.6) is 0 Å². The molecule has 0 saturated heterocycles. The van der Waals surface area contributed by atoms with Crippen LogP contribution in [0.25, 0.3) is 0 Å². The Hall–Kier alpha value is -0.530. The van der Waals surface area contributed by atoms with Crippen molar-refractivity contribution < 1.29 is 9.53 Å². The normalized spacial score (nSPS) is 11.8. The van der Waals surface area contributed by atoms with Gasteiger partial charge >= 0.3 is 5.97 Å². The summed E-state index contributed by atoms with van der Waals surface area (Å²) in [4.78, 5) is 11.1. The molecule has 0 aromatic heterocycles. The molecule has 0 rings (SSSR count).